The zero-order chi connectivity index (χ0) is 14.0. The maximum absolute atomic E-state index is 7.47. The van der Waals surface area contributed by atoms with Crippen molar-refractivity contribution in [3.05, 3.63) is 29.1 Å². The Hall–Kier alpha value is -2.31. The van der Waals surface area contributed by atoms with E-state index in [4.69, 9.17) is 11.1 Å². The molecule has 2 rings (SSSR count). The molecule has 2 heterocycles. The lowest BCUT2D eigenvalue weighted by Crippen LogP contribution is -2.17. The summed E-state index contributed by atoms with van der Waals surface area (Å²) < 4.78 is 1.62. The molecule has 3 N–H and O–H groups in total. The summed E-state index contributed by atoms with van der Waals surface area (Å²) in [6, 6.07) is 1.68. The Morgan fingerprint density at radius 1 is 1.26 bits per heavy atom. The molecule has 2 aromatic rings. The number of aryl methyl sites for hydroxylation is 3. The lowest BCUT2D eigenvalue weighted by molar-refractivity contribution is 0.737. The van der Waals surface area contributed by atoms with Crippen LogP contribution in [0.15, 0.2) is 6.07 Å². The molecule has 7 nitrogen and oxygen atoms in total. The molecule has 2 aromatic heterocycles. The number of nitrogen functional groups attached to an aromatic ring is 1. The first kappa shape index (κ1) is 13.1. The van der Waals surface area contributed by atoms with Crippen molar-refractivity contribution in [3.8, 4) is 5.95 Å². The maximum atomic E-state index is 7.47. The fourth-order valence-corrected chi connectivity index (χ4v) is 1.72. The SMILES string of the molecule is CCc1nc(CC)n(-c2nc(C)cc(C(=N)N)n2)n1. The molecule has 0 atom stereocenters. The van der Waals surface area contributed by atoms with Gasteiger partial charge in [0.2, 0.25) is 0 Å². The van der Waals surface area contributed by atoms with Crippen LogP contribution in [0, 0.1) is 12.3 Å². The molecule has 0 unspecified atom stereocenters. The predicted molar refractivity (Wildman–Crippen MR) is 71.5 cm³/mol. The zero-order valence-electron chi connectivity index (χ0n) is 11.3. The highest BCUT2D eigenvalue weighted by Gasteiger charge is 2.13. The van der Waals surface area contributed by atoms with E-state index in [1.165, 1.54) is 0 Å². The van der Waals surface area contributed by atoms with Crippen LogP contribution in [0.25, 0.3) is 5.95 Å². The highest BCUT2D eigenvalue weighted by Crippen LogP contribution is 2.09. The van der Waals surface area contributed by atoms with E-state index in [0.29, 0.717) is 11.6 Å². The Bertz CT molecular complexity index is 615. The van der Waals surface area contributed by atoms with Crippen LogP contribution in [0.3, 0.4) is 0 Å². The Morgan fingerprint density at radius 3 is 2.58 bits per heavy atom. The molecule has 19 heavy (non-hydrogen) atoms. The van der Waals surface area contributed by atoms with E-state index in [-0.39, 0.29) is 5.84 Å². The minimum Gasteiger partial charge on any atom is -0.382 e. The van der Waals surface area contributed by atoms with E-state index < -0.39 is 0 Å². The zero-order valence-corrected chi connectivity index (χ0v) is 11.3. The molecular weight excluding hydrogens is 242 g/mol. The van der Waals surface area contributed by atoms with Gasteiger partial charge >= 0.3 is 0 Å². The predicted octanol–water partition coefficient (Wildman–Crippen LogP) is 0.775. The third-order valence-electron chi connectivity index (χ3n) is 2.66. The Labute approximate surface area is 111 Å². The molecule has 0 aliphatic rings. The van der Waals surface area contributed by atoms with Crippen LogP contribution in [0.1, 0.15) is 36.9 Å². The van der Waals surface area contributed by atoms with Gasteiger partial charge in [-0.3, -0.25) is 5.41 Å². The van der Waals surface area contributed by atoms with Gasteiger partial charge < -0.3 is 5.73 Å². The number of aromatic nitrogens is 5. The second-order valence-corrected chi connectivity index (χ2v) is 4.17. The Balaban J connectivity index is 2.57. The van der Waals surface area contributed by atoms with Crippen molar-refractivity contribution >= 4 is 5.84 Å². The van der Waals surface area contributed by atoms with E-state index in [1.807, 2.05) is 20.8 Å². The molecule has 0 aliphatic carbocycles. The Kier molecular flexibility index (Phi) is 3.55. The molecule has 0 aliphatic heterocycles. The van der Waals surface area contributed by atoms with Crippen molar-refractivity contribution in [2.24, 2.45) is 5.73 Å². The van der Waals surface area contributed by atoms with Gasteiger partial charge in [-0.25, -0.2) is 15.0 Å². The maximum Gasteiger partial charge on any atom is 0.253 e. The number of hydrogen-bond donors (Lipinski definition) is 2. The summed E-state index contributed by atoms with van der Waals surface area (Å²) in [5, 5.41) is 11.9. The van der Waals surface area contributed by atoms with Gasteiger partial charge in [-0.2, -0.15) is 4.68 Å². The number of rotatable bonds is 4. The molecule has 0 fully saturated rings. The fraction of sp³-hybridized carbons (Fsp3) is 0.417. The standard InChI is InChI=1S/C12H17N7/c1-4-9-17-10(5-2)19(18-9)12-15-7(3)6-8(16-12)11(13)14/h6H,4-5H2,1-3H3,(H3,13,14). The van der Waals surface area contributed by atoms with E-state index >= 15 is 0 Å². The second-order valence-electron chi connectivity index (χ2n) is 4.17. The minimum absolute atomic E-state index is 0.0828. The summed E-state index contributed by atoms with van der Waals surface area (Å²) in [4.78, 5) is 13.0. The highest BCUT2D eigenvalue weighted by atomic mass is 15.4. The highest BCUT2D eigenvalue weighted by molar-refractivity contribution is 5.93. The second kappa shape index (κ2) is 5.13. The number of nitrogens with two attached hydrogens (primary N) is 1. The van der Waals surface area contributed by atoms with Crippen molar-refractivity contribution < 1.29 is 0 Å². The molecule has 7 heteroatoms. The molecule has 0 aromatic carbocycles. The van der Waals surface area contributed by atoms with Crippen LogP contribution in [0.2, 0.25) is 0 Å². The third kappa shape index (κ3) is 2.59. The van der Waals surface area contributed by atoms with Crippen molar-refractivity contribution in [3.63, 3.8) is 0 Å². The summed E-state index contributed by atoms with van der Waals surface area (Å²) in [6.45, 7) is 5.83. The lowest BCUT2D eigenvalue weighted by Gasteiger charge is -2.06. The first-order valence-corrected chi connectivity index (χ1v) is 6.20. The van der Waals surface area contributed by atoms with Gasteiger partial charge in [-0.15, -0.1) is 5.10 Å². The molecular formula is C12H17N7. The first-order chi connectivity index (χ1) is 9.05. The van der Waals surface area contributed by atoms with Gasteiger partial charge in [0, 0.05) is 18.5 Å². The average molecular weight is 259 g/mol. The molecule has 0 radical (unpaired) electrons. The van der Waals surface area contributed by atoms with Crippen LogP contribution < -0.4 is 5.73 Å². The monoisotopic (exact) mass is 259 g/mol. The van der Waals surface area contributed by atoms with E-state index in [0.717, 1.165) is 30.2 Å². The van der Waals surface area contributed by atoms with Gasteiger partial charge in [0.1, 0.15) is 17.4 Å². The first-order valence-electron chi connectivity index (χ1n) is 6.20. The van der Waals surface area contributed by atoms with E-state index in [9.17, 15) is 0 Å². The van der Waals surface area contributed by atoms with Crippen LogP contribution >= 0.6 is 0 Å². The van der Waals surface area contributed by atoms with E-state index in [2.05, 4.69) is 20.1 Å². The topological polar surface area (TPSA) is 106 Å². The normalized spacial score (nSPS) is 10.7. The van der Waals surface area contributed by atoms with Gasteiger partial charge in [0.05, 0.1) is 0 Å². The Morgan fingerprint density at radius 2 is 2.00 bits per heavy atom. The van der Waals surface area contributed by atoms with Crippen molar-refractivity contribution in [2.75, 3.05) is 0 Å². The smallest absolute Gasteiger partial charge is 0.253 e. The van der Waals surface area contributed by atoms with Crippen LogP contribution in [-0.2, 0) is 12.8 Å². The quantitative estimate of drug-likeness (QED) is 0.623. The molecule has 0 bridgehead atoms. The van der Waals surface area contributed by atoms with Crippen LogP contribution in [-0.4, -0.2) is 30.6 Å². The van der Waals surface area contributed by atoms with Gasteiger partial charge in [0.25, 0.3) is 5.95 Å². The summed E-state index contributed by atoms with van der Waals surface area (Å²) >= 11 is 0. The van der Waals surface area contributed by atoms with Crippen molar-refractivity contribution in [1.82, 2.24) is 24.7 Å². The third-order valence-corrected chi connectivity index (χ3v) is 2.66. The fourth-order valence-electron chi connectivity index (χ4n) is 1.72. The van der Waals surface area contributed by atoms with Crippen LogP contribution in [0.5, 0.6) is 0 Å². The number of nitrogens with zero attached hydrogens (tertiary/aromatic N) is 5. The lowest BCUT2D eigenvalue weighted by atomic mass is 10.3. The molecule has 0 saturated heterocycles. The minimum atomic E-state index is -0.0828. The van der Waals surface area contributed by atoms with Crippen LogP contribution in [0.4, 0.5) is 0 Å². The largest absolute Gasteiger partial charge is 0.382 e. The van der Waals surface area contributed by atoms with Gasteiger partial charge in [-0.05, 0) is 13.0 Å². The summed E-state index contributed by atoms with van der Waals surface area (Å²) in [5.41, 5.74) is 6.62. The number of hydrogen-bond acceptors (Lipinski definition) is 5. The summed E-state index contributed by atoms with van der Waals surface area (Å²) in [6.07, 6.45) is 1.49. The van der Waals surface area contributed by atoms with Crippen molar-refractivity contribution in [2.45, 2.75) is 33.6 Å². The van der Waals surface area contributed by atoms with E-state index in [1.54, 1.807) is 10.7 Å². The summed E-state index contributed by atoms with van der Waals surface area (Å²) in [5.74, 6) is 1.89. The molecule has 0 saturated carbocycles. The summed E-state index contributed by atoms with van der Waals surface area (Å²) in [7, 11) is 0. The molecule has 0 spiro atoms. The van der Waals surface area contributed by atoms with Gasteiger partial charge in [-0.1, -0.05) is 13.8 Å². The molecule has 0 amide bonds. The molecule has 100 valence electrons. The number of nitrogens with one attached hydrogen (secondary N) is 1. The van der Waals surface area contributed by atoms with Crippen molar-refractivity contribution in [1.29, 1.82) is 5.41 Å². The van der Waals surface area contributed by atoms with Gasteiger partial charge in [0.15, 0.2) is 5.82 Å². The number of amidine groups is 1. The average Bonchev–Trinajstić information content (AvgIpc) is 2.81.